The molecule has 0 bridgehead atoms. The molecule has 0 aliphatic heterocycles. The molecule has 1 aliphatic carbocycles. The number of carbonyl (C=O) groups excluding carboxylic acids is 1. The highest BCUT2D eigenvalue weighted by atomic mass is 35.5. The number of rotatable bonds is 2. The smallest absolute Gasteiger partial charge is 0.257 e. The van der Waals surface area contributed by atoms with Gasteiger partial charge in [0.2, 0.25) is 0 Å². The lowest BCUT2D eigenvalue weighted by Gasteiger charge is -2.35. The predicted molar refractivity (Wildman–Crippen MR) is 73.8 cm³/mol. The van der Waals surface area contributed by atoms with Crippen LogP contribution in [0.3, 0.4) is 0 Å². The first-order valence-corrected chi connectivity index (χ1v) is 6.88. The molecule has 1 aromatic rings. The number of halogens is 1. The van der Waals surface area contributed by atoms with Crippen LogP contribution in [0.5, 0.6) is 11.5 Å². The molecule has 19 heavy (non-hydrogen) atoms. The molecule has 2 unspecified atom stereocenters. The number of amides is 1. The van der Waals surface area contributed by atoms with Gasteiger partial charge in [0.15, 0.2) is 11.5 Å². The first-order chi connectivity index (χ1) is 9.02. The fourth-order valence-electron chi connectivity index (χ4n) is 2.55. The molecule has 0 aromatic heterocycles. The lowest BCUT2D eigenvalue weighted by Crippen LogP contribution is -2.44. The maximum absolute atomic E-state index is 12.4. The normalized spacial score (nSPS) is 23.1. The zero-order chi connectivity index (χ0) is 14.0. The fraction of sp³-hybridized carbons (Fsp3) is 0.500. The Bertz CT molecular complexity index is 478. The van der Waals surface area contributed by atoms with Crippen molar-refractivity contribution in [2.24, 2.45) is 0 Å². The average Bonchev–Trinajstić information content (AvgIpc) is 2.41. The van der Waals surface area contributed by atoms with Crippen molar-refractivity contribution >= 4 is 17.5 Å². The van der Waals surface area contributed by atoms with Crippen LogP contribution in [0, 0.1) is 0 Å². The Hall–Kier alpha value is -1.42. The van der Waals surface area contributed by atoms with Gasteiger partial charge in [-0.3, -0.25) is 4.79 Å². The Morgan fingerprint density at radius 2 is 2.00 bits per heavy atom. The van der Waals surface area contributed by atoms with Crippen LogP contribution in [0.4, 0.5) is 0 Å². The number of carbonyl (C=O) groups is 1. The Balaban J connectivity index is 2.21. The zero-order valence-electron chi connectivity index (χ0n) is 10.8. The number of phenols is 2. The van der Waals surface area contributed by atoms with Crippen molar-refractivity contribution in [3.63, 3.8) is 0 Å². The minimum atomic E-state index is -0.374. The lowest BCUT2D eigenvalue weighted by atomic mass is 9.93. The molecule has 4 nitrogen and oxygen atoms in total. The monoisotopic (exact) mass is 283 g/mol. The van der Waals surface area contributed by atoms with Crippen LogP contribution in [0.25, 0.3) is 0 Å². The molecule has 2 rings (SSSR count). The van der Waals surface area contributed by atoms with E-state index in [0.29, 0.717) is 0 Å². The highest BCUT2D eigenvalue weighted by Gasteiger charge is 2.31. The molecular formula is C14H18ClNO3. The van der Waals surface area contributed by atoms with E-state index >= 15 is 0 Å². The van der Waals surface area contributed by atoms with Crippen molar-refractivity contribution in [1.29, 1.82) is 0 Å². The van der Waals surface area contributed by atoms with Gasteiger partial charge in [0, 0.05) is 13.1 Å². The molecule has 1 amide bonds. The van der Waals surface area contributed by atoms with Gasteiger partial charge in [-0.1, -0.05) is 18.9 Å². The molecule has 1 saturated carbocycles. The number of benzene rings is 1. The van der Waals surface area contributed by atoms with E-state index in [1.54, 1.807) is 11.9 Å². The van der Waals surface area contributed by atoms with E-state index < -0.39 is 0 Å². The summed E-state index contributed by atoms with van der Waals surface area (Å²) >= 11 is 6.27. The highest BCUT2D eigenvalue weighted by Crippen LogP contribution is 2.32. The second-order valence-corrected chi connectivity index (χ2v) is 5.52. The van der Waals surface area contributed by atoms with Gasteiger partial charge in [0.05, 0.1) is 10.9 Å². The third-order valence-corrected chi connectivity index (χ3v) is 4.22. The van der Waals surface area contributed by atoms with Gasteiger partial charge >= 0.3 is 0 Å². The van der Waals surface area contributed by atoms with Gasteiger partial charge in [0.25, 0.3) is 5.91 Å². The molecule has 1 fully saturated rings. The third-order valence-electron chi connectivity index (χ3n) is 3.71. The molecule has 2 N–H and O–H groups in total. The topological polar surface area (TPSA) is 60.8 Å². The van der Waals surface area contributed by atoms with Crippen LogP contribution in [0.15, 0.2) is 18.2 Å². The molecule has 1 aromatic carbocycles. The number of aromatic hydroxyl groups is 2. The molecule has 0 spiro atoms. The molecule has 5 heteroatoms. The Kier molecular flexibility index (Phi) is 4.20. The number of alkyl halides is 1. The summed E-state index contributed by atoms with van der Waals surface area (Å²) in [4.78, 5) is 13.9. The third kappa shape index (κ3) is 2.78. The van der Waals surface area contributed by atoms with Crippen molar-refractivity contribution in [3.05, 3.63) is 23.8 Å². The Morgan fingerprint density at radius 1 is 1.32 bits per heavy atom. The van der Waals surface area contributed by atoms with Crippen molar-refractivity contribution in [2.45, 2.75) is 37.1 Å². The van der Waals surface area contributed by atoms with Crippen LogP contribution in [0.1, 0.15) is 36.0 Å². The maximum Gasteiger partial charge on any atom is 0.257 e. The van der Waals surface area contributed by atoms with Crippen molar-refractivity contribution < 1.29 is 15.0 Å². The lowest BCUT2D eigenvalue weighted by molar-refractivity contribution is 0.0696. The number of nitrogens with zero attached hydrogens (tertiary/aromatic N) is 1. The van der Waals surface area contributed by atoms with Crippen LogP contribution in [-0.2, 0) is 0 Å². The summed E-state index contributed by atoms with van der Waals surface area (Å²) in [6, 6.07) is 4.36. The quantitative estimate of drug-likeness (QED) is 0.648. The van der Waals surface area contributed by atoms with E-state index in [2.05, 4.69) is 0 Å². The largest absolute Gasteiger partial charge is 0.504 e. The standard InChI is InChI=1S/C14H18ClNO3/c1-16(11-7-3-2-6-10(11)15)14(19)9-5-4-8-12(17)13(9)18/h4-5,8,10-11,17-18H,2-3,6-7H2,1H3. The highest BCUT2D eigenvalue weighted by molar-refractivity contribution is 6.21. The summed E-state index contributed by atoms with van der Waals surface area (Å²) in [6.07, 6.45) is 3.91. The summed E-state index contributed by atoms with van der Waals surface area (Å²) in [6.45, 7) is 0. The minimum absolute atomic E-state index is 0.0235. The van der Waals surface area contributed by atoms with Crippen LogP contribution < -0.4 is 0 Å². The van der Waals surface area contributed by atoms with Gasteiger partial charge in [-0.05, 0) is 25.0 Å². The van der Waals surface area contributed by atoms with E-state index in [1.807, 2.05) is 0 Å². The first kappa shape index (κ1) is 14.0. The summed E-state index contributed by atoms with van der Waals surface area (Å²) in [7, 11) is 1.69. The Labute approximate surface area is 117 Å². The van der Waals surface area contributed by atoms with E-state index in [-0.39, 0.29) is 34.4 Å². The fourth-order valence-corrected chi connectivity index (χ4v) is 3.00. The molecule has 1 aliphatic rings. The summed E-state index contributed by atoms with van der Waals surface area (Å²) in [5.41, 5.74) is 0.108. The van der Waals surface area contributed by atoms with Crippen molar-refractivity contribution in [2.75, 3.05) is 7.05 Å². The van der Waals surface area contributed by atoms with Gasteiger partial charge < -0.3 is 15.1 Å². The SMILES string of the molecule is CN(C(=O)c1cccc(O)c1O)C1CCCCC1Cl. The maximum atomic E-state index is 12.4. The minimum Gasteiger partial charge on any atom is -0.504 e. The molecule has 0 radical (unpaired) electrons. The summed E-state index contributed by atoms with van der Waals surface area (Å²) in [5.74, 6) is -0.974. The van der Waals surface area contributed by atoms with E-state index in [0.717, 1.165) is 25.7 Å². The van der Waals surface area contributed by atoms with Gasteiger partial charge in [-0.25, -0.2) is 0 Å². The molecule has 104 valence electrons. The second kappa shape index (κ2) is 5.70. The summed E-state index contributed by atoms with van der Waals surface area (Å²) in [5, 5.41) is 19.1. The van der Waals surface area contributed by atoms with Crippen molar-refractivity contribution in [3.8, 4) is 11.5 Å². The predicted octanol–water partition coefficient (Wildman–Crippen LogP) is 2.72. The molecule has 0 heterocycles. The average molecular weight is 284 g/mol. The number of hydrogen-bond donors (Lipinski definition) is 2. The second-order valence-electron chi connectivity index (χ2n) is 4.96. The Morgan fingerprint density at radius 3 is 2.68 bits per heavy atom. The van der Waals surface area contributed by atoms with Crippen LogP contribution in [-0.4, -0.2) is 39.5 Å². The van der Waals surface area contributed by atoms with Crippen molar-refractivity contribution in [1.82, 2.24) is 4.90 Å². The van der Waals surface area contributed by atoms with Gasteiger partial charge in [-0.2, -0.15) is 0 Å². The van der Waals surface area contributed by atoms with E-state index in [1.165, 1.54) is 18.2 Å². The van der Waals surface area contributed by atoms with Crippen LogP contribution >= 0.6 is 11.6 Å². The molecular weight excluding hydrogens is 266 g/mol. The van der Waals surface area contributed by atoms with Gasteiger partial charge in [-0.15, -0.1) is 11.6 Å². The number of para-hydroxylation sites is 1. The zero-order valence-corrected chi connectivity index (χ0v) is 11.6. The number of hydrogen-bond acceptors (Lipinski definition) is 3. The molecule has 2 atom stereocenters. The summed E-state index contributed by atoms with van der Waals surface area (Å²) < 4.78 is 0. The number of phenolic OH excluding ortho intramolecular Hbond substituents is 2. The van der Waals surface area contributed by atoms with E-state index in [9.17, 15) is 15.0 Å². The first-order valence-electron chi connectivity index (χ1n) is 6.44. The molecule has 0 saturated heterocycles. The van der Waals surface area contributed by atoms with Crippen LogP contribution in [0.2, 0.25) is 0 Å². The van der Waals surface area contributed by atoms with E-state index in [4.69, 9.17) is 11.6 Å². The van der Waals surface area contributed by atoms with Gasteiger partial charge in [0.1, 0.15) is 0 Å².